The third-order valence-corrected chi connectivity index (χ3v) is 5.79. The highest BCUT2D eigenvalue weighted by Gasteiger charge is 2.30. The van der Waals surface area contributed by atoms with Crippen LogP contribution in [0.25, 0.3) is 11.0 Å². The Morgan fingerprint density at radius 3 is 2.56 bits per heavy atom. The highest BCUT2D eigenvalue weighted by molar-refractivity contribution is 6.05. The first-order valence-electron chi connectivity index (χ1n) is 10.7. The molecule has 1 N–H and O–H groups in total. The second kappa shape index (κ2) is 8.94. The Morgan fingerprint density at radius 2 is 1.91 bits per heavy atom. The van der Waals surface area contributed by atoms with E-state index in [2.05, 4.69) is 20.3 Å². The van der Waals surface area contributed by atoms with Gasteiger partial charge in [-0.05, 0) is 51.0 Å². The van der Waals surface area contributed by atoms with Crippen molar-refractivity contribution in [2.24, 2.45) is 13.0 Å². The number of hydrogen-bond acceptors (Lipinski definition) is 6. The summed E-state index contributed by atoms with van der Waals surface area (Å²) in [6.07, 6.45) is 2.79. The van der Waals surface area contributed by atoms with Crippen molar-refractivity contribution in [3.05, 3.63) is 47.5 Å². The van der Waals surface area contributed by atoms with E-state index in [1.165, 1.54) is 12.1 Å². The van der Waals surface area contributed by atoms with Gasteiger partial charge in [-0.25, -0.2) is 14.2 Å². The number of esters is 1. The summed E-state index contributed by atoms with van der Waals surface area (Å²) < 4.78 is 20.1. The third kappa shape index (κ3) is 4.15. The number of pyridine rings is 1. The minimum atomic E-state index is -0.420. The number of piperidine rings is 1. The van der Waals surface area contributed by atoms with E-state index in [1.807, 2.05) is 14.0 Å². The summed E-state index contributed by atoms with van der Waals surface area (Å²) in [6, 6.07) is 5.74. The summed E-state index contributed by atoms with van der Waals surface area (Å²) in [4.78, 5) is 31.9. The second-order valence-electron chi connectivity index (χ2n) is 7.91. The quantitative estimate of drug-likeness (QED) is 0.613. The van der Waals surface area contributed by atoms with Crippen LogP contribution in [0.4, 0.5) is 15.8 Å². The van der Waals surface area contributed by atoms with Gasteiger partial charge in [0.2, 0.25) is 5.91 Å². The number of rotatable bonds is 5. The lowest BCUT2D eigenvalue weighted by Crippen LogP contribution is -2.39. The smallest absolute Gasteiger partial charge is 0.341 e. The Kier molecular flexibility index (Phi) is 6.07. The third-order valence-electron chi connectivity index (χ3n) is 5.79. The Morgan fingerprint density at radius 1 is 1.22 bits per heavy atom. The minimum absolute atomic E-state index is 0.0840. The fourth-order valence-corrected chi connectivity index (χ4v) is 4.22. The van der Waals surface area contributed by atoms with Crippen molar-refractivity contribution in [3.8, 4) is 0 Å². The van der Waals surface area contributed by atoms with E-state index in [0.29, 0.717) is 42.8 Å². The molecule has 0 saturated carbocycles. The lowest BCUT2D eigenvalue weighted by atomic mass is 9.94. The summed E-state index contributed by atoms with van der Waals surface area (Å²) in [5.74, 6) is -1.02. The molecule has 3 heterocycles. The topological polar surface area (TPSA) is 89.3 Å². The number of anilines is 2. The number of fused-ring (bicyclic) bond motifs is 1. The van der Waals surface area contributed by atoms with Gasteiger partial charge >= 0.3 is 5.97 Å². The van der Waals surface area contributed by atoms with E-state index in [4.69, 9.17) is 4.74 Å². The molecule has 9 heteroatoms. The molecule has 1 fully saturated rings. The minimum Gasteiger partial charge on any atom is -0.462 e. The number of aryl methyl sites for hydroxylation is 2. The number of ether oxygens (including phenoxy) is 1. The van der Waals surface area contributed by atoms with Gasteiger partial charge in [0.05, 0.1) is 23.4 Å². The molecule has 0 atom stereocenters. The van der Waals surface area contributed by atoms with E-state index in [-0.39, 0.29) is 24.2 Å². The maximum absolute atomic E-state index is 13.1. The van der Waals surface area contributed by atoms with E-state index in [9.17, 15) is 14.0 Å². The second-order valence-corrected chi connectivity index (χ2v) is 7.91. The molecule has 32 heavy (non-hydrogen) atoms. The maximum atomic E-state index is 13.1. The Bertz CT molecular complexity index is 1150. The van der Waals surface area contributed by atoms with Crippen LogP contribution in [0.15, 0.2) is 30.5 Å². The van der Waals surface area contributed by atoms with Crippen LogP contribution < -0.4 is 10.2 Å². The van der Waals surface area contributed by atoms with Crippen molar-refractivity contribution in [2.75, 3.05) is 29.9 Å². The number of carbonyl (C=O) groups is 2. The molecule has 2 aromatic heterocycles. The fraction of sp³-hybridized carbons (Fsp3) is 0.391. The van der Waals surface area contributed by atoms with Crippen LogP contribution in [0.3, 0.4) is 0 Å². The summed E-state index contributed by atoms with van der Waals surface area (Å²) in [5, 5.41) is 8.16. The average Bonchev–Trinajstić information content (AvgIpc) is 3.08. The molecule has 1 aliphatic heterocycles. The van der Waals surface area contributed by atoms with Gasteiger partial charge in [-0.1, -0.05) is 0 Å². The van der Waals surface area contributed by atoms with Crippen molar-refractivity contribution in [1.82, 2.24) is 14.8 Å². The molecular formula is C23H26FN5O3. The van der Waals surface area contributed by atoms with Crippen molar-refractivity contribution in [2.45, 2.75) is 26.7 Å². The van der Waals surface area contributed by atoms with Crippen LogP contribution in [0.5, 0.6) is 0 Å². The molecule has 1 saturated heterocycles. The molecule has 0 aliphatic carbocycles. The van der Waals surface area contributed by atoms with Gasteiger partial charge in [-0.15, -0.1) is 0 Å². The van der Waals surface area contributed by atoms with Gasteiger partial charge in [0.1, 0.15) is 11.4 Å². The molecule has 0 radical (unpaired) electrons. The largest absolute Gasteiger partial charge is 0.462 e. The monoisotopic (exact) mass is 439 g/mol. The van der Waals surface area contributed by atoms with E-state index in [0.717, 1.165) is 16.8 Å². The van der Waals surface area contributed by atoms with Gasteiger partial charge in [0.25, 0.3) is 0 Å². The predicted molar refractivity (Wildman–Crippen MR) is 119 cm³/mol. The average molecular weight is 439 g/mol. The van der Waals surface area contributed by atoms with Gasteiger partial charge in [-0.3, -0.25) is 9.48 Å². The molecular weight excluding hydrogens is 413 g/mol. The lowest BCUT2D eigenvalue weighted by Gasteiger charge is -2.34. The lowest BCUT2D eigenvalue weighted by molar-refractivity contribution is -0.120. The molecule has 0 bridgehead atoms. The molecule has 8 nitrogen and oxygen atoms in total. The van der Waals surface area contributed by atoms with Crippen molar-refractivity contribution in [3.63, 3.8) is 0 Å². The fourth-order valence-electron chi connectivity index (χ4n) is 4.22. The zero-order chi connectivity index (χ0) is 22.8. The first kappa shape index (κ1) is 21.7. The van der Waals surface area contributed by atoms with Crippen LogP contribution in [0.1, 0.15) is 35.8 Å². The van der Waals surface area contributed by atoms with Crippen LogP contribution in [0, 0.1) is 18.7 Å². The predicted octanol–water partition coefficient (Wildman–Crippen LogP) is 3.45. The number of nitrogens with zero attached hydrogens (tertiary/aromatic N) is 4. The zero-order valence-corrected chi connectivity index (χ0v) is 18.4. The standard InChI is InChI=1S/C23H26FN5O3/c1-4-32-23(31)18-13-25-21-19(14(2)27-28(21)3)20(18)29-11-9-15(10-12-29)22(30)26-17-7-5-16(24)6-8-17/h5-8,13,15H,4,9-12H2,1-3H3,(H,26,30). The highest BCUT2D eigenvalue weighted by atomic mass is 19.1. The SMILES string of the molecule is CCOC(=O)c1cnc2c(c(C)nn2C)c1N1CCC(C(=O)Nc2ccc(F)cc2)CC1. The molecule has 3 aromatic rings. The van der Waals surface area contributed by atoms with Crippen molar-refractivity contribution in [1.29, 1.82) is 0 Å². The van der Waals surface area contributed by atoms with E-state index < -0.39 is 5.97 Å². The van der Waals surface area contributed by atoms with Gasteiger partial charge in [-0.2, -0.15) is 5.10 Å². The molecule has 0 unspecified atom stereocenters. The Labute approximate surface area is 185 Å². The number of nitrogens with one attached hydrogen (secondary N) is 1. The van der Waals surface area contributed by atoms with E-state index in [1.54, 1.807) is 29.9 Å². The molecule has 1 aromatic carbocycles. The first-order chi connectivity index (χ1) is 15.4. The van der Waals surface area contributed by atoms with Crippen LogP contribution in [-0.2, 0) is 16.6 Å². The number of amides is 1. The van der Waals surface area contributed by atoms with Gasteiger partial charge in [0, 0.05) is 37.9 Å². The van der Waals surface area contributed by atoms with Crippen molar-refractivity contribution < 1.29 is 18.7 Å². The van der Waals surface area contributed by atoms with Crippen molar-refractivity contribution >= 4 is 34.3 Å². The first-order valence-corrected chi connectivity index (χ1v) is 10.7. The number of hydrogen-bond donors (Lipinski definition) is 1. The van der Waals surface area contributed by atoms with Gasteiger partial charge in [0.15, 0.2) is 5.65 Å². The zero-order valence-electron chi connectivity index (χ0n) is 18.4. The van der Waals surface area contributed by atoms with Gasteiger partial charge < -0.3 is 15.0 Å². The molecule has 0 spiro atoms. The highest BCUT2D eigenvalue weighted by Crippen LogP contribution is 2.35. The summed E-state index contributed by atoms with van der Waals surface area (Å²) in [5.41, 5.74) is 3.22. The Hall–Kier alpha value is -3.49. The van der Waals surface area contributed by atoms with Crippen LogP contribution >= 0.6 is 0 Å². The molecule has 168 valence electrons. The Balaban J connectivity index is 1.56. The maximum Gasteiger partial charge on any atom is 0.341 e. The summed E-state index contributed by atoms with van der Waals surface area (Å²) in [6.45, 7) is 5.13. The molecule has 4 rings (SSSR count). The normalized spacial score (nSPS) is 14.6. The van der Waals surface area contributed by atoms with E-state index >= 15 is 0 Å². The number of halogens is 1. The number of benzene rings is 1. The van der Waals surface area contributed by atoms with Crippen LogP contribution in [0.2, 0.25) is 0 Å². The number of aromatic nitrogens is 3. The molecule has 1 aliphatic rings. The summed E-state index contributed by atoms with van der Waals surface area (Å²) in [7, 11) is 1.82. The summed E-state index contributed by atoms with van der Waals surface area (Å²) >= 11 is 0. The van der Waals surface area contributed by atoms with Crippen LogP contribution in [-0.4, -0.2) is 46.3 Å². The molecule has 1 amide bonds. The number of carbonyl (C=O) groups excluding carboxylic acids is 2.